The molecule has 5 heteroatoms. The van der Waals surface area contributed by atoms with Crippen LogP contribution in [0.5, 0.6) is 0 Å². The quantitative estimate of drug-likeness (QED) is 0.791. The minimum Gasteiger partial charge on any atom is -0.350 e. The van der Waals surface area contributed by atoms with Crippen molar-refractivity contribution in [3.8, 4) is 0 Å². The van der Waals surface area contributed by atoms with E-state index in [1.165, 1.54) is 11.3 Å². The SMILES string of the molecule is CCC(C)CNC(=O)c1csc(CCN)n1. The summed E-state index contributed by atoms with van der Waals surface area (Å²) >= 11 is 1.49. The molecule has 1 unspecified atom stereocenters. The summed E-state index contributed by atoms with van der Waals surface area (Å²) in [4.78, 5) is 15.9. The van der Waals surface area contributed by atoms with Gasteiger partial charge in [-0.15, -0.1) is 11.3 Å². The third kappa shape index (κ3) is 3.90. The van der Waals surface area contributed by atoms with Gasteiger partial charge < -0.3 is 11.1 Å². The van der Waals surface area contributed by atoms with Crippen LogP contribution >= 0.6 is 11.3 Å². The minimum absolute atomic E-state index is 0.0835. The largest absolute Gasteiger partial charge is 0.350 e. The third-order valence-corrected chi connectivity index (χ3v) is 3.36. The Morgan fingerprint density at radius 3 is 3.06 bits per heavy atom. The molecule has 16 heavy (non-hydrogen) atoms. The number of hydrogen-bond acceptors (Lipinski definition) is 4. The lowest BCUT2D eigenvalue weighted by Crippen LogP contribution is -2.28. The van der Waals surface area contributed by atoms with Crippen molar-refractivity contribution in [1.29, 1.82) is 0 Å². The van der Waals surface area contributed by atoms with Gasteiger partial charge in [0.15, 0.2) is 0 Å². The van der Waals surface area contributed by atoms with Crippen LogP contribution in [0.3, 0.4) is 0 Å². The topological polar surface area (TPSA) is 68.0 Å². The van der Waals surface area contributed by atoms with Crippen LogP contribution in [-0.4, -0.2) is 24.0 Å². The van der Waals surface area contributed by atoms with Crippen molar-refractivity contribution in [2.24, 2.45) is 11.7 Å². The maximum Gasteiger partial charge on any atom is 0.270 e. The zero-order valence-electron chi connectivity index (χ0n) is 9.82. The minimum atomic E-state index is -0.0835. The summed E-state index contributed by atoms with van der Waals surface area (Å²) in [5.74, 6) is 0.422. The highest BCUT2D eigenvalue weighted by atomic mass is 32.1. The van der Waals surface area contributed by atoms with Crippen LogP contribution in [0, 0.1) is 5.92 Å². The molecule has 90 valence electrons. The van der Waals surface area contributed by atoms with E-state index in [0.717, 1.165) is 17.8 Å². The number of rotatable bonds is 6. The first kappa shape index (κ1) is 13.1. The third-order valence-electron chi connectivity index (χ3n) is 2.45. The summed E-state index contributed by atoms with van der Waals surface area (Å²) in [6.07, 6.45) is 1.80. The van der Waals surface area contributed by atoms with Crippen molar-refractivity contribution < 1.29 is 4.79 Å². The van der Waals surface area contributed by atoms with Gasteiger partial charge in [-0.05, 0) is 12.5 Å². The Balaban J connectivity index is 2.46. The number of nitrogens with zero attached hydrogens (tertiary/aromatic N) is 1. The molecule has 1 heterocycles. The van der Waals surface area contributed by atoms with Crippen LogP contribution in [0.4, 0.5) is 0 Å². The van der Waals surface area contributed by atoms with E-state index in [-0.39, 0.29) is 5.91 Å². The fraction of sp³-hybridized carbons (Fsp3) is 0.636. The van der Waals surface area contributed by atoms with Gasteiger partial charge in [0.2, 0.25) is 0 Å². The van der Waals surface area contributed by atoms with Crippen LogP contribution in [0.1, 0.15) is 35.8 Å². The fourth-order valence-electron chi connectivity index (χ4n) is 1.16. The smallest absolute Gasteiger partial charge is 0.270 e. The molecule has 0 saturated carbocycles. The Kier molecular flexibility index (Phi) is 5.42. The van der Waals surface area contributed by atoms with Gasteiger partial charge in [0.1, 0.15) is 5.69 Å². The normalized spacial score (nSPS) is 12.4. The molecule has 1 aromatic rings. The van der Waals surface area contributed by atoms with Gasteiger partial charge in [0.25, 0.3) is 5.91 Å². The number of hydrogen-bond donors (Lipinski definition) is 2. The highest BCUT2D eigenvalue weighted by Gasteiger charge is 2.10. The van der Waals surface area contributed by atoms with Crippen LogP contribution in [-0.2, 0) is 6.42 Å². The van der Waals surface area contributed by atoms with Crippen molar-refractivity contribution in [1.82, 2.24) is 10.3 Å². The zero-order valence-corrected chi connectivity index (χ0v) is 10.6. The van der Waals surface area contributed by atoms with Gasteiger partial charge in [-0.3, -0.25) is 4.79 Å². The number of nitrogens with two attached hydrogens (primary N) is 1. The molecule has 0 aliphatic carbocycles. The van der Waals surface area contributed by atoms with Crippen molar-refractivity contribution in [2.75, 3.05) is 13.1 Å². The van der Waals surface area contributed by atoms with E-state index in [0.29, 0.717) is 24.7 Å². The van der Waals surface area contributed by atoms with E-state index >= 15 is 0 Å². The highest BCUT2D eigenvalue weighted by Crippen LogP contribution is 2.10. The standard InChI is InChI=1S/C11H19N3OS/c1-3-8(2)6-13-11(15)9-7-16-10(14-9)4-5-12/h7-8H,3-6,12H2,1-2H3,(H,13,15). The number of carbonyl (C=O) groups excluding carboxylic acids is 1. The van der Waals surface area contributed by atoms with Gasteiger partial charge in [-0.1, -0.05) is 20.3 Å². The lowest BCUT2D eigenvalue weighted by molar-refractivity contribution is 0.0943. The Morgan fingerprint density at radius 1 is 1.69 bits per heavy atom. The molecule has 0 aromatic carbocycles. The number of aromatic nitrogens is 1. The van der Waals surface area contributed by atoms with Crippen molar-refractivity contribution >= 4 is 17.2 Å². The van der Waals surface area contributed by atoms with Crippen LogP contribution < -0.4 is 11.1 Å². The summed E-state index contributed by atoms with van der Waals surface area (Å²) < 4.78 is 0. The Hall–Kier alpha value is -0.940. The predicted molar refractivity (Wildman–Crippen MR) is 66.7 cm³/mol. The number of thiazole rings is 1. The fourth-order valence-corrected chi connectivity index (χ4v) is 1.95. The van der Waals surface area contributed by atoms with Crippen LogP contribution in [0.25, 0.3) is 0 Å². The zero-order chi connectivity index (χ0) is 12.0. The molecular weight excluding hydrogens is 222 g/mol. The molecule has 1 rings (SSSR count). The summed E-state index contributed by atoms with van der Waals surface area (Å²) in [6.45, 7) is 5.50. The molecular formula is C11H19N3OS. The second kappa shape index (κ2) is 6.60. The molecule has 1 amide bonds. The summed E-state index contributed by atoms with van der Waals surface area (Å²) in [5.41, 5.74) is 5.94. The van der Waals surface area contributed by atoms with E-state index in [1.807, 2.05) is 0 Å². The van der Waals surface area contributed by atoms with Crippen molar-refractivity contribution in [3.63, 3.8) is 0 Å². The summed E-state index contributed by atoms with van der Waals surface area (Å²) in [6, 6.07) is 0. The molecule has 0 aliphatic heterocycles. The second-order valence-corrected chi connectivity index (χ2v) is 4.83. The van der Waals surface area contributed by atoms with Gasteiger partial charge in [0.05, 0.1) is 5.01 Å². The van der Waals surface area contributed by atoms with Gasteiger partial charge in [-0.25, -0.2) is 4.98 Å². The molecule has 0 fully saturated rings. The predicted octanol–water partition coefficient (Wildman–Crippen LogP) is 1.42. The monoisotopic (exact) mass is 241 g/mol. The maximum absolute atomic E-state index is 11.7. The second-order valence-electron chi connectivity index (χ2n) is 3.89. The van der Waals surface area contributed by atoms with E-state index < -0.39 is 0 Å². The van der Waals surface area contributed by atoms with Gasteiger partial charge >= 0.3 is 0 Å². The molecule has 0 aliphatic rings. The summed E-state index contributed by atoms with van der Waals surface area (Å²) in [7, 11) is 0. The van der Waals surface area contributed by atoms with Crippen LogP contribution in [0.2, 0.25) is 0 Å². The molecule has 0 bridgehead atoms. The average molecular weight is 241 g/mol. The van der Waals surface area contributed by atoms with E-state index in [2.05, 4.69) is 24.1 Å². The molecule has 0 radical (unpaired) electrons. The Labute approximate surface area is 100 Å². The molecule has 1 atom stereocenters. The van der Waals surface area contributed by atoms with E-state index in [4.69, 9.17) is 5.73 Å². The molecule has 0 spiro atoms. The molecule has 0 saturated heterocycles. The Morgan fingerprint density at radius 2 is 2.44 bits per heavy atom. The number of amides is 1. The lowest BCUT2D eigenvalue weighted by atomic mass is 10.1. The first-order chi connectivity index (χ1) is 7.67. The first-order valence-corrected chi connectivity index (χ1v) is 6.48. The Bertz CT molecular complexity index is 338. The molecule has 3 N–H and O–H groups in total. The lowest BCUT2D eigenvalue weighted by Gasteiger charge is -2.08. The highest BCUT2D eigenvalue weighted by molar-refractivity contribution is 7.09. The van der Waals surface area contributed by atoms with Crippen molar-refractivity contribution in [2.45, 2.75) is 26.7 Å². The molecule has 4 nitrogen and oxygen atoms in total. The number of nitrogens with one attached hydrogen (secondary N) is 1. The van der Waals surface area contributed by atoms with Gasteiger partial charge in [-0.2, -0.15) is 0 Å². The van der Waals surface area contributed by atoms with Gasteiger partial charge in [0, 0.05) is 18.3 Å². The van der Waals surface area contributed by atoms with Crippen LogP contribution in [0.15, 0.2) is 5.38 Å². The number of carbonyl (C=O) groups is 1. The van der Waals surface area contributed by atoms with E-state index in [1.54, 1.807) is 5.38 Å². The summed E-state index contributed by atoms with van der Waals surface area (Å²) in [5, 5.41) is 5.59. The van der Waals surface area contributed by atoms with E-state index in [9.17, 15) is 4.79 Å². The average Bonchev–Trinajstić information content (AvgIpc) is 2.74. The van der Waals surface area contributed by atoms with Crippen molar-refractivity contribution in [3.05, 3.63) is 16.1 Å². The first-order valence-electron chi connectivity index (χ1n) is 5.60. The maximum atomic E-state index is 11.7. The molecule has 1 aromatic heterocycles.